The molecule has 0 bridgehead atoms. The minimum Gasteiger partial charge on any atom is -0.481 e. The van der Waals surface area contributed by atoms with Gasteiger partial charge >= 0.3 is 5.97 Å². The molecule has 1 saturated heterocycles. The number of para-hydroxylation sites is 1. The van der Waals surface area contributed by atoms with E-state index < -0.39 is 35.8 Å². The van der Waals surface area contributed by atoms with Crippen molar-refractivity contribution in [3.8, 4) is 18.1 Å². The second kappa shape index (κ2) is 26.4. The number of carbonyl (C=O) groups excluding carboxylic acids is 3. The SMILES string of the molecule is C#CCN1C(=O)COc2cc(F)c(/N=c3\snc4n3CC(C)(C)C4)cc21.CC1(C)OC(c2ccco2)CN1C(=O)C(Cl)Cl.CCOCN(C(=O)CCl)c1c(C)cccc1CC.CP(=O)(O)CCC(N)C(=O)O. The number of alkyl halides is 3. The van der Waals surface area contributed by atoms with Crippen LogP contribution in [0.15, 0.2) is 58.1 Å². The number of furan rings is 1. The zero-order chi connectivity index (χ0) is 53.7. The third-order valence-corrected chi connectivity index (χ3v) is 13.6. The van der Waals surface area contributed by atoms with E-state index in [-0.39, 0.29) is 73.3 Å². The summed E-state index contributed by atoms with van der Waals surface area (Å²) in [6.45, 7) is 17.0. The Bertz CT molecular complexity index is 2690. The lowest BCUT2D eigenvalue weighted by Gasteiger charge is -2.29. The number of halogens is 4. The van der Waals surface area contributed by atoms with Crippen molar-refractivity contribution in [2.24, 2.45) is 16.1 Å². The molecule has 18 nitrogen and oxygen atoms in total. The summed E-state index contributed by atoms with van der Waals surface area (Å²) in [5, 5.41) is 8.28. The van der Waals surface area contributed by atoms with Crippen LogP contribution in [0.5, 0.6) is 5.75 Å². The number of carboxylic acid groups (broad SMARTS) is 1. The topological polar surface area (TPSA) is 233 Å². The number of terminal acetylenes is 1. The number of carboxylic acids is 1. The lowest BCUT2D eigenvalue weighted by Crippen LogP contribution is -2.45. The second-order valence-corrected chi connectivity index (χ2v) is 22.6. The van der Waals surface area contributed by atoms with Gasteiger partial charge in [0.25, 0.3) is 11.8 Å². The Balaban J connectivity index is 0.000000218. The van der Waals surface area contributed by atoms with Crippen molar-refractivity contribution in [1.29, 1.82) is 0 Å². The van der Waals surface area contributed by atoms with Gasteiger partial charge in [0, 0.05) is 50.0 Å². The van der Waals surface area contributed by atoms with Crippen LogP contribution in [0.3, 0.4) is 0 Å². The molecule has 5 heterocycles. The van der Waals surface area contributed by atoms with Crippen molar-refractivity contribution < 1.29 is 56.8 Å². The second-order valence-electron chi connectivity index (χ2n) is 18.0. The number of rotatable bonds is 14. The van der Waals surface area contributed by atoms with E-state index in [2.05, 4.69) is 36.1 Å². The lowest BCUT2D eigenvalue weighted by atomic mass is 9.92. The number of hydrogen-bond acceptors (Lipinski definition) is 13. The largest absolute Gasteiger partial charge is 0.481 e. The summed E-state index contributed by atoms with van der Waals surface area (Å²) in [5.41, 5.74) is 8.16. The summed E-state index contributed by atoms with van der Waals surface area (Å²) in [4.78, 5) is 63.3. The first-order valence-corrected chi connectivity index (χ1v) is 27.2. The summed E-state index contributed by atoms with van der Waals surface area (Å²) in [7, 11) is -3.10. The standard InChI is InChI=1S/C18H17FN4O2S.C14H20ClNO2.C11H13Cl2NO3.C5H12NO4P/c1-4-5-22-13-7-12(11(19)6-14(13)25-9-16(22)24)20-17-23-10-18(2,3)8-15(23)21-26-17;1-4-12-8-6-7-11(3)14(12)16(10-18-5-2)13(17)9-15;1-11(2)14(10(15)9(12)13)6-8(17-11)7-4-3-5-16-7;1-11(9,10)3-2-4(6)5(7)8/h1,6-7H,5,8-10H2,2-3H3;6-8H,4-5,9-10H2,1-3H3;3-5,8-9H,6H2,1-2H3;4H,2-3,6H2,1H3,(H,7,8)(H,9,10)/b20-17-;;;. The van der Waals surface area contributed by atoms with Crippen LogP contribution in [0.4, 0.5) is 21.5 Å². The van der Waals surface area contributed by atoms with Crippen molar-refractivity contribution in [1.82, 2.24) is 13.8 Å². The lowest BCUT2D eigenvalue weighted by molar-refractivity contribution is -0.144. The van der Waals surface area contributed by atoms with Crippen molar-refractivity contribution in [3.05, 3.63) is 82.1 Å². The quantitative estimate of drug-likeness (QED) is 0.0474. The van der Waals surface area contributed by atoms with Crippen LogP contribution < -0.4 is 25.1 Å². The van der Waals surface area contributed by atoms with Crippen molar-refractivity contribution in [3.63, 3.8) is 0 Å². The number of aliphatic carboxylic acids is 1. The Labute approximate surface area is 437 Å². The Morgan fingerprint density at radius 1 is 1.18 bits per heavy atom. The smallest absolute Gasteiger partial charge is 0.320 e. The molecule has 0 radical (unpaired) electrons. The molecule has 3 amide bonds. The van der Waals surface area contributed by atoms with Gasteiger partial charge in [0.2, 0.25) is 10.7 Å². The number of carbonyl (C=O) groups is 4. The minimum absolute atomic E-state index is 0.0371. The number of aryl methyl sites for hydroxylation is 2. The molecule has 394 valence electrons. The Morgan fingerprint density at radius 2 is 1.89 bits per heavy atom. The van der Waals surface area contributed by atoms with E-state index in [9.17, 15) is 28.1 Å². The number of hydrogen-bond donors (Lipinski definition) is 3. The first kappa shape index (κ1) is 59.8. The minimum atomic E-state index is -3.10. The number of benzene rings is 2. The van der Waals surface area contributed by atoms with E-state index in [1.807, 2.05) is 42.7 Å². The van der Waals surface area contributed by atoms with Crippen LogP contribution in [0.25, 0.3) is 0 Å². The highest BCUT2D eigenvalue weighted by Crippen LogP contribution is 2.39. The number of nitrogens with zero attached hydrogens (tertiary/aromatic N) is 6. The summed E-state index contributed by atoms with van der Waals surface area (Å²) in [6, 6.07) is 11.3. The van der Waals surface area contributed by atoms with Gasteiger partial charge in [-0.1, -0.05) is 68.1 Å². The fraction of sp³-hybridized carbons (Fsp3) is 0.500. The molecule has 0 saturated carbocycles. The van der Waals surface area contributed by atoms with Crippen molar-refractivity contribution in [2.45, 2.75) is 97.0 Å². The molecule has 3 unspecified atom stereocenters. The highest BCUT2D eigenvalue weighted by molar-refractivity contribution is 7.57. The summed E-state index contributed by atoms with van der Waals surface area (Å²) in [5.74, 6) is 1.95. The van der Waals surface area contributed by atoms with Crippen LogP contribution in [0.1, 0.15) is 76.8 Å². The van der Waals surface area contributed by atoms with Gasteiger partial charge in [-0.15, -0.1) is 18.0 Å². The van der Waals surface area contributed by atoms with Crippen LogP contribution in [-0.2, 0) is 52.6 Å². The van der Waals surface area contributed by atoms with Gasteiger partial charge in [0.05, 0.1) is 30.7 Å². The van der Waals surface area contributed by atoms with E-state index in [1.54, 1.807) is 31.1 Å². The van der Waals surface area contributed by atoms with Gasteiger partial charge < -0.3 is 43.8 Å². The summed E-state index contributed by atoms with van der Waals surface area (Å²) >= 11 is 18.1. The molecule has 2 aromatic carbocycles. The normalized spacial score (nSPS) is 17.6. The molecule has 4 aromatic rings. The third kappa shape index (κ3) is 16.3. The van der Waals surface area contributed by atoms with Crippen LogP contribution in [-0.4, -0.2) is 116 Å². The van der Waals surface area contributed by atoms with Crippen LogP contribution in [0.2, 0.25) is 0 Å². The molecule has 24 heteroatoms. The zero-order valence-electron chi connectivity index (χ0n) is 41.4. The van der Waals surface area contributed by atoms with Gasteiger partial charge in [-0.3, -0.25) is 33.5 Å². The fourth-order valence-corrected chi connectivity index (χ4v) is 9.48. The zero-order valence-corrected chi connectivity index (χ0v) is 45.4. The predicted octanol–water partition coefficient (Wildman–Crippen LogP) is 7.79. The molecule has 2 aromatic heterocycles. The molecule has 72 heavy (non-hydrogen) atoms. The van der Waals surface area contributed by atoms with E-state index in [0.717, 1.165) is 42.0 Å². The average Bonchev–Trinajstić information content (AvgIpc) is 4.11. The third-order valence-electron chi connectivity index (χ3n) is 11.2. The molecule has 0 aliphatic carbocycles. The van der Waals surface area contributed by atoms with Crippen LogP contribution >= 0.6 is 53.7 Å². The molecule has 4 N–H and O–H groups in total. The molecule has 3 aliphatic heterocycles. The van der Waals surface area contributed by atoms with Gasteiger partial charge in [-0.05, 0) is 75.3 Å². The molecule has 0 spiro atoms. The maximum atomic E-state index is 14.5. The average molecular weight is 1100 g/mol. The maximum Gasteiger partial charge on any atom is 0.320 e. The molecule has 3 aliphatic rings. The molecular formula is C48H62Cl3FN7O11PS. The molecule has 3 atom stereocenters. The van der Waals surface area contributed by atoms with E-state index in [4.69, 9.17) is 75.6 Å². The molecular weight excluding hydrogens is 1040 g/mol. The first-order valence-electron chi connectivity index (χ1n) is 22.7. The van der Waals surface area contributed by atoms with E-state index >= 15 is 0 Å². The van der Waals surface area contributed by atoms with Gasteiger partial charge in [-0.2, -0.15) is 4.37 Å². The maximum absolute atomic E-state index is 14.5. The van der Waals surface area contributed by atoms with E-state index in [1.165, 1.54) is 40.1 Å². The molecule has 7 rings (SSSR count). The summed E-state index contributed by atoms with van der Waals surface area (Å²) < 4.78 is 53.4. The van der Waals surface area contributed by atoms with Crippen molar-refractivity contribution in [2.75, 3.05) is 61.5 Å². The highest BCUT2D eigenvalue weighted by atomic mass is 35.5. The number of aromatic nitrogens is 2. The molecule has 1 fully saturated rings. The van der Waals surface area contributed by atoms with Gasteiger partial charge in [0.15, 0.2) is 24.6 Å². The fourth-order valence-electron chi connectivity index (χ4n) is 7.59. The number of amides is 3. The Kier molecular flexibility index (Phi) is 21.9. The first-order chi connectivity index (χ1) is 33.8. The number of anilines is 2. The number of ether oxygens (including phenoxy) is 3. The van der Waals surface area contributed by atoms with Gasteiger partial charge in [0.1, 0.15) is 53.5 Å². The van der Waals surface area contributed by atoms with Crippen molar-refractivity contribution >= 4 is 94.5 Å². The van der Waals surface area contributed by atoms with Crippen LogP contribution in [0, 0.1) is 30.5 Å². The van der Waals surface area contributed by atoms with E-state index in [0.29, 0.717) is 35.2 Å². The van der Waals surface area contributed by atoms with Gasteiger partial charge in [-0.25, -0.2) is 9.38 Å². The summed E-state index contributed by atoms with van der Waals surface area (Å²) in [6.07, 6.45) is 8.38. The number of nitrogens with two attached hydrogens (primary N) is 1. The Morgan fingerprint density at radius 3 is 2.47 bits per heavy atom. The Hall–Kier alpha value is -4.81. The predicted molar refractivity (Wildman–Crippen MR) is 276 cm³/mol. The monoisotopic (exact) mass is 1100 g/mol. The highest BCUT2D eigenvalue weighted by Gasteiger charge is 2.45. The number of fused-ring (bicyclic) bond motifs is 2.